The topological polar surface area (TPSA) is 68.2 Å². The van der Waals surface area contributed by atoms with Gasteiger partial charge >= 0.3 is 0 Å². The monoisotopic (exact) mass is 318 g/mol. The van der Waals surface area contributed by atoms with Crippen LogP contribution in [0.2, 0.25) is 0 Å². The molecule has 0 bridgehead atoms. The molecule has 0 saturated heterocycles. The van der Waals surface area contributed by atoms with Crippen LogP contribution in [-0.4, -0.2) is 31.5 Å². The van der Waals surface area contributed by atoms with Crippen molar-refractivity contribution in [3.05, 3.63) is 41.5 Å². The maximum absolute atomic E-state index is 9.83. The first-order chi connectivity index (χ1) is 11.1. The van der Waals surface area contributed by atoms with Crippen molar-refractivity contribution in [1.82, 2.24) is 0 Å². The van der Waals surface area contributed by atoms with Crippen molar-refractivity contribution in [2.75, 3.05) is 21.3 Å². The van der Waals surface area contributed by atoms with Gasteiger partial charge in [-0.05, 0) is 30.9 Å². The summed E-state index contributed by atoms with van der Waals surface area (Å²) < 4.78 is 16.1. The third-order valence-electron chi connectivity index (χ3n) is 3.76. The van der Waals surface area contributed by atoms with Crippen LogP contribution in [0.15, 0.2) is 30.3 Å². The van der Waals surface area contributed by atoms with Gasteiger partial charge in [0.2, 0.25) is 0 Å². The molecular formula is C18H22O5. The Morgan fingerprint density at radius 1 is 0.826 bits per heavy atom. The molecule has 2 rings (SSSR count). The smallest absolute Gasteiger partial charge is 0.129 e. The number of rotatable bonds is 7. The highest BCUT2D eigenvalue weighted by Crippen LogP contribution is 2.35. The number of aryl methyl sites for hydroxylation is 1. The van der Waals surface area contributed by atoms with Crippen molar-refractivity contribution in [2.24, 2.45) is 0 Å². The molecule has 5 nitrogen and oxygen atoms in total. The standard InChI is InChI=1S/C18H22O5/c1-21-14-10-17(22-2)15(18(11-14)23-3)6-4-5-12-7-8-13(19)9-16(12)20/h7-11,19-20H,4-6H2,1-3H3. The van der Waals surface area contributed by atoms with Crippen molar-refractivity contribution in [2.45, 2.75) is 19.3 Å². The van der Waals surface area contributed by atoms with E-state index >= 15 is 0 Å². The zero-order chi connectivity index (χ0) is 16.8. The second-order valence-corrected chi connectivity index (χ2v) is 5.18. The summed E-state index contributed by atoms with van der Waals surface area (Å²) in [5.74, 6) is 2.29. The largest absolute Gasteiger partial charge is 0.508 e. The third-order valence-corrected chi connectivity index (χ3v) is 3.76. The quantitative estimate of drug-likeness (QED) is 0.820. The molecule has 0 aliphatic heterocycles. The zero-order valence-electron chi connectivity index (χ0n) is 13.6. The van der Waals surface area contributed by atoms with E-state index in [9.17, 15) is 10.2 Å². The molecule has 0 aromatic heterocycles. The van der Waals surface area contributed by atoms with E-state index < -0.39 is 0 Å². The van der Waals surface area contributed by atoms with E-state index in [-0.39, 0.29) is 11.5 Å². The minimum atomic E-state index is 0.0599. The Kier molecular flexibility index (Phi) is 5.57. The lowest BCUT2D eigenvalue weighted by atomic mass is 10.0. The maximum Gasteiger partial charge on any atom is 0.129 e. The molecule has 2 aromatic carbocycles. The fourth-order valence-corrected chi connectivity index (χ4v) is 2.54. The third kappa shape index (κ3) is 4.00. The van der Waals surface area contributed by atoms with Gasteiger partial charge in [-0.15, -0.1) is 0 Å². The Balaban J connectivity index is 2.13. The number of hydrogen-bond acceptors (Lipinski definition) is 5. The van der Waals surface area contributed by atoms with Gasteiger partial charge in [0.05, 0.1) is 21.3 Å². The van der Waals surface area contributed by atoms with Crippen LogP contribution >= 0.6 is 0 Å². The molecule has 2 N–H and O–H groups in total. The van der Waals surface area contributed by atoms with E-state index in [1.54, 1.807) is 33.5 Å². The van der Waals surface area contributed by atoms with Crippen molar-refractivity contribution in [3.8, 4) is 28.7 Å². The van der Waals surface area contributed by atoms with Gasteiger partial charge in [-0.1, -0.05) is 6.07 Å². The lowest BCUT2D eigenvalue weighted by Gasteiger charge is -2.15. The number of methoxy groups -OCH3 is 3. The Hall–Kier alpha value is -2.56. The fourth-order valence-electron chi connectivity index (χ4n) is 2.54. The predicted octanol–water partition coefficient (Wildman–Crippen LogP) is 3.30. The minimum absolute atomic E-state index is 0.0599. The van der Waals surface area contributed by atoms with Gasteiger partial charge in [0, 0.05) is 23.8 Å². The fraction of sp³-hybridized carbons (Fsp3) is 0.333. The Morgan fingerprint density at radius 2 is 1.48 bits per heavy atom. The van der Waals surface area contributed by atoms with Crippen molar-refractivity contribution >= 4 is 0 Å². The van der Waals surface area contributed by atoms with Gasteiger partial charge in [-0.25, -0.2) is 0 Å². The van der Waals surface area contributed by atoms with Gasteiger partial charge in [-0.3, -0.25) is 0 Å². The van der Waals surface area contributed by atoms with Crippen LogP contribution in [0.5, 0.6) is 28.7 Å². The first kappa shape index (κ1) is 16.8. The maximum atomic E-state index is 9.83. The second kappa shape index (κ2) is 7.63. The summed E-state index contributed by atoms with van der Waals surface area (Å²) in [5.41, 5.74) is 1.77. The highest BCUT2D eigenvalue weighted by molar-refractivity contribution is 5.51. The lowest BCUT2D eigenvalue weighted by molar-refractivity contribution is 0.368. The predicted molar refractivity (Wildman–Crippen MR) is 87.9 cm³/mol. The van der Waals surface area contributed by atoms with Crippen LogP contribution < -0.4 is 14.2 Å². The van der Waals surface area contributed by atoms with E-state index in [0.717, 1.165) is 35.5 Å². The molecule has 0 radical (unpaired) electrons. The van der Waals surface area contributed by atoms with Crippen LogP contribution in [0.1, 0.15) is 17.5 Å². The van der Waals surface area contributed by atoms with Crippen molar-refractivity contribution < 1.29 is 24.4 Å². The minimum Gasteiger partial charge on any atom is -0.508 e. The second-order valence-electron chi connectivity index (χ2n) is 5.18. The average Bonchev–Trinajstić information content (AvgIpc) is 2.56. The first-order valence-corrected chi connectivity index (χ1v) is 7.38. The molecule has 0 fully saturated rings. The summed E-state index contributed by atoms with van der Waals surface area (Å²) in [4.78, 5) is 0. The summed E-state index contributed by atoms with van der Waals surface area (Å²) in [6.07, 6.45) is 2.22. The molecule has 0 saturated carbocycles. The lowest BCUT2D eigenvalue weighted by Crippen LogP contribution is -1.99. The van der Waals surface area contributed by atoms with Gasteiger partial charge in [0.15, 0.2) is 0 Å². The Morgan fingerprint density at radius 3 is 2.00 bits per heavy atom. The van der Waals surface area contributed by atoms with E-state index in [2.05, 4.69) is 0 Å². The summed E-state index contributed by atoms with van der Waals surface area (Å²) in [6, 6.07) is 8.31. The van der Waals surface area contributed by atoms with Gasteiger partial charge < -0.3 is 24.4 Å². The highest BCUT2D eigenvalue weighted by Gasteiger charge is 2.13. The van der Waals surface area contributed by atoms with Crippen molar-refractivity contribution in [3.63, 3.8) is 0 Å². The summed E-state index contributed by atoms with van der Waals surface area (Å²) >= 11 is 0. The molecule has 5 heteroatoms. The molecule has 0 spiro atoms. The molecular weight excluding hydrogens is 296 g/mol. The molecule has 2 aromatic rings. The van der Waals surface area contributed by atoms with E-state index in [4.69, 9.17) is 14.2 Å². The number of phenolic OH excluding ortho intramolecular Hbond substituents is 2. The van der Waals surface area contributed by atoms with Crippen LogP contribution in [0, 0.1) is 0 Å². The molecule has 0 aliphatic carbocycles. The molecule has 0 amide bonds. The number of phenols is 2. The number of hydrogen-bond donors (Lipinski definition) is 2. The summed E-state index contributed by atoms with van der Waals surface area (Å²) in [5, 5.41) is 19.2. The Labute approximate surface area is 136 Å². The number of aromatic hydroxyl groups is 2. The van der Waals surface area contributed by atoms with Crippen molar-refractivity contribution in [1.29, 1.82) is 0 Å². The first-order valence-electron chi connectivity index (χ1n) is 7.38. The molecule has 124 valence electrons. The molecule has 0 atom stereocenters. The number of ether oxygens (including phenoxy) is 3. The molecule has 0 aliphatic rings. The van der Waals surface area contributed by atoms with Gasteiger partial charge in [0.25, 0.3) is 0 Å². The van der Waals surface area contributed by atoms with Crippen LogP contribution in [0.4, 0.5) is 0 Å². The van der Waals surface area contributed by atoms with E-state index in [1.165, 1.54) is 6.07 Å². The zero-order valence-corrected chi connectivity index (χ0v) is 13.6. The SMILES string of the molecule is COc1cc(OC)c(CCCc2ccc(O)cc2O)c(OC)c1. The Bertz CT molecular complexity index is 641. The molecule has 23 heavy (non-hydrogen) atoms. The van der Waals surface area contributed by atoms with Gasteiger partial charge in [0.1, 0.15) is 28.7 Å². The number of benzene rings is 2. The molecule has 0 unspecified atom stereocenters. The average molecular weight is 318 g/mol. The van der Waals surface area contributed by atoms with Gasteiger partial charge in [-0.2, -0.15) is 0 Å². The summed E-state index contributed by atoms with van der Waals surface area (Å²) in [7, 11) is 4.83. The van der Waals surface area contributed by atoms with Crippen LogP contribution in [-0.2, 0) is 12.8 Å². The van der Waals surface area contributed by atoms with E-state index in [1.807, 2.05) is 12.1 Å². The van der Waals surface area contributed by atoms with E-state index in [0.29, 0.717) is 12.2 Å². The normalized spacial score (nSPS) is 10.4. The summed E-state index contributed by atoms with van der Waals surface area (Å²) in [6.45, 7) is 0. The van der Waals surface area contributed by atoms with Crippen LogP contribution in [0.3, 0.4) is 0 Å². The van der Waals surface area contributed by atoms with Crippen LogP contribution in [0.25, 0.3) is 0 Å². The molecule has 0 heterocycles. The highest BCUT2D eigenvalue weighted by atomic mass is 16.5.